The number of likely N-dealkylation sites (N-methyl/N-ethyl adjacent to an activating group) is 1. The second-order valence-corrected chi connectivity index (χ2v) is 6.92. The largest absolute Gasteiger partial charge is 0.474 e. The molecule has 1 aromatic heterocycles. The maximum Gasteiger partial charge on any atom is 0.254 e. The van der Waals surface area contributed by atoms with Gasteiger partial charge in [-0.2, -0.15) is 0 Å². The summed E-state index contributed by atoms with van der Waals surface area (Å²) in [6, 6.07) is 4.05. The van der Waals surface area contributed by atoms with Crippen molar-refractivity contribution in [1.82, 2.24) is 14.8 Å². The molecule has 1 atom stereocenters. The molecule has 1 saturated heterocycles. The first-order valence-electron chi connectivity index (χ1n) is 8.72. The highest BCUT2D eigenvalue weighted by atomic mass is 16.5. The maximum atomic E-state index is 12.7. The monoisotopic (exact) mass is 317 g/mol. The molecule has 1 amide bonds. The number of carbonyl (C=O) groups excluding carboxylic acids is 1. The van der Waals surface area contributed by atoms with Crippen molar-refractivity contribution in [1.29, 1.82) is 0 Å². The summed E-state index contributed by atoms with van der Waals surface area (Å²) >= 11 is 0. The lowest BCUT2D eigenvalue weighted by molar-refractivity contribution is 0.0781. The van der Waals surface area contributed by atoms with Crippen LogP contribution in [0.4, 0.5) is 0 Å². The molecule has 0 radical (unpaired) electrons. The Morgan fingerprint density at radius 1 is 1.26 bits per heavy atom. The summed E-state index contributed by atoms with van der Waals surface area (Å²) in [5.74, 6) is 0.677. The molecule has 0 spiro atoms. The fraction of sp³-hybridized carbons (Fsp3) is 0.667. The van der Waals surface area contributed by atoms with Crippen molar-refractivity contribution in [2.75, 3.05) is 27.2 Å². The number of carbonyl (C=O) groups is 1. The molecule has 0 aromatic carbocycles. The molecule has 126 valence electrons. The van der Waals surface area contributed by atoms with Gasteiger partial charge in [-0.3, -0.25) is 4.79 Å². The van der Waals surface area contributed by atoms with Gasteiger partial charge in [0.05, 0.1) is 0 Å². The van der Waals surface area contributed by atoms with Crippen molar-refractivity contribution < 1.29 is 9.53 Å². The molecule has 0 N–H and O–H groups in total. The van der Waals surface area contributed by atoms with Crippen LogP contribution in [0, 0.1) is 0 Å². The Hall–Kier alpha value is -1.62. The highest BCUT2D eigenvalue weighted by molar-refractivity contribution is 5.94. The molecule has 1 aromatic rings. The number of hydrogen-bond acceptors (Lipinski definition) is 4. The molecule has 1 aliphatic carbocycles. The third kappa shape index (κ3) is 4.02. The Bertz CT molecular complexity index is 541. The first kappa shape index (κ1) is 16.2. The van der Waals surface area contributed by atoms with Crippen molar-refractivity contribution >= 4 is 5.91 Å². The van der Waals surface area contributed by atoms with E-state index in [9.17, 15) is 4.79 Å². The van der Waals surface area contributed by atoms with E-state index < -0.39 is 0 Å². The first-order chi connectivity index (χ1) is 11.1. The van der Waals surface area contributed by atoms with E-state index in [2.05, 4.69) is 24.0 Å². The lowest BCUT2D eigenvalue weighted by atomic mass is 9.98. The SMILES string of the molecule is CN(C)C1CCN(C(=O)c2ccnc(OC3CCCCC3)c2)C1. The lowest BCUT2D eigenvalue weighted by Gasteiger charge is -2.23. The van der Waals surface area contributed by atoms with Gasteiger partial charge >= 0.3 is 0 Å². The van der Waals surface area contributed by atoms with E-state index in [1.54, 1.807) is 18.3 Å². The fourth-order valence-electron chi connectivity index (χ4n) is 3.49. The number of pyridine rings is 1. The molecule has 0 bridgehead atoms. The average Bonchev–Trinajstić information content (AvgIpc) is 3.06. The van der Waals surface area contributed by atoms with Gasteiger partial charge < -0.3 is 14.5 Å². The molecule has 2 aliphatic rings. The van der Waals surface area contributed by atoms with E-state index in [-0.39, 0.29) is 12.0 Å². The van der Waals surface area contributed by atoms with E-state index in [1.165, 1.54) is 19.3 Å². The van der Waals surface area contributed by atoms with Crippen LogP contribution in [0.15, 0.2) is 18.3 Å². The smallest absolute Gasteiger partial charge is 0.254 e. The van der Waals surface area contributed by atoms with Crippen LogP contribution in [0.25, 0.3) is 0 Å². The third-order valence-electron chi connectivity index (χ3n) is 5.00. The summed E-state index contributed by atoms with van der Waals surface area (Å²) in [5.41, 5.74) is 0.685. The highest BCUT2D eigenvalue weighted by Gasteiger charge is 2.28. The van der Waals surface area contributed by atoms with Crippen LogP contribution in [0.1, 0.15) is 48.9 Å². The molecule has 5 heteroatoms. The number of ether oxygens (including phenoxy) is 1. The summed E-state index contributed by atoms with van der Waals surface area (Å²) in [6.07, 6.45) is 8.92. The van der Waals surface area contributed by atoms with E-state index >= 15 is 0 Å². The molecule has 1 unspecified atom stereocenters. The zero-order valence-corrected chi connectivity index (χ0v) is 14.2. The predicted molar refractivity (Wildman–Crippen MR) is 89.7 cm³/mol. The van der Waals surface area contributed by atoms with Crippen molar-refractivity contribution in [3.8, 4) is 5.88 Å². The van der Waals surface area contributed by atoms with E-state index in [0.717, 1.165) is 32.4 Å². The van der Waals surface area contributed by atoms with Crippen LogP contribution in [-0.4, -0.2) is 60.0 Å². The van der Waals surface area contributed by atoms with E-state index in [4.69, 9.17) is 4.74 Å². The molecule has 5 nitrogen and oxygen atoms in total. The minimum atomic E-state index is 0.0882. The van der Waals surface area contributed by atoms with Crippen LogP contribution in [0.3, 0.4) is 0 Å². The predicted octanol–water partition coefficient (Wildman–Crippen LogP) is 2.57. The third-order valence-corrected chi connectivity index (χ3v) is 5.00. The molecular weight excluding hydrogens is 290 g/mol. The Morgan fingerprint density at radius 3 is 2.74 bits per heavy atom. The van der Waals surface area contributed by atoms with Gasteiger partial charge in [0.2, 0.25) is 5.88 Å². The molecule has 23 heavy (non-hydrogen) atoms. The second kappa shape index (κ2) is 7.30. The molecule has 1 saturated carbocycles. The van der Waals surface area contributed by atoms with Gasteiger partial charge in [0.25, 0.3) is 5.91 Å². The Kier molecular flexibility index (Phi) is 5.16. The van der Waals surface area contributed by atoms with Gasteiger partial charge in [0, 0.05) is 37.0 Å². The average molecular weight is 317 g/mol. The van der Waals surface area contributed by atoms with Gasteiger partial charge in [-0.1, -0.05) is 6.42 Å². The summed E-state index contributed by atoms with van der Waals surface area (Å²) in [4.78, 5) is 21.1. The van der Waals surface area contributed by atoms with Crippen molar-refractivity contribution in [3.05, 3.63) is 23.9 Å². The fourth-order valence-corrected chi connectivity index (χ4v) is 3.49. The number of amides is 1. The van der Waals surface area contributed by atoms with Gasteiger partial charge in [0.1, 0.15) is 6.10 Å². The van der Waals surface area contributed by atoms with Crippen LogP contribution >= 0.6 is 0 Å². The number of rotatable bonds is 4. The van der Waals surface area contributed by atoms with E-state index in [1.807, 2.05) is 4.90 Å². The quantitative estimate of drug-likeness (QED) is 0.856. The number of nitrogens with zero attached hydrogens (tertiary/aromatic N) is 3. The molecular formula is C18H27N3O2. The van der Waals surface area contributed by atoms with E-state index in [0.29, 0.717) is 17.5 Å². The van der Waals surface area contributed by atoms with Crippen LogP contribution in [-0.2, 0) is 0 Å². The summed E-state index contributed by atoms with van der Waals surface area (Å²) in [6.45, 7) is 1.62. The Labute approximate surface area is 138 Å². The lowest BCUT2D eigenvalue weighted by Crippen LogP contribution is -2.34. The van der Waals surface area contributed by atoms with Crippen LogP contribution < -0.4 is 4.74 Å². The molecule has 3 rings (SSSR count). The molecule has 2 fully saturated rings. The number of likely N-dealkylation sites (tertiary alicyclic amines) is 1. The van der Waals surface area contributed by atoms with Gasteiger partial charge in [0.15, 0.2) is 0 Å². The topological polar surface area (TPSA) is 45.7 Å². The number of hydrogen-bond donors (Lipinski definition) is 0. The molecule has 1 aliphatic heterocycles. The standard InChI is InChI=1S/C18H27N3O2/c1-20(2)15-9-11-21(13-15)18(22)14-8-10-19-17(12-14)23-16-6-4-3-5-7-16/h8,10,12,15-16H,3-7,9,11,13H2,1-2H3. The van der Waals surface area contributed by atoms with Gasteiger partial charge in [-0.25, -0.2) is 4.98 Å². The van der Waals surface area contributed by atoms with Gasteiger partial charge in [-0.05, 0) is 52.3 Å². The summed E-state index contributed by atoms with van der Waals surface area (Å²) in [7, 11) is 4.14. The Balaban J connectivity index is 1.63. The minimum absolute atomic E-state index is 0.0882. The van der Waals surface area contributed by atoms with Crippen molar-refractivity contribution in [3.63, 3.8) is 0 Å². The zero-order valence-electron chi connectivity index (χ0n) is 14.2. The van der Waals surface area contributed by atoms with Crippen LogP contribution in [0.5, 0.6) is 5.88 Å². The zero-order chi connectivity index (χ0) is 16.2. The second-order valence-electron chi connectivity index (χ2n) is 6.92. The van der Waals surface area contributed by atoms with Crippen molar-refractivity contribution in [2.24, 2.45) is 0 Å². The minimum Gasteiger partial charge on any atom is -0.474 e. The molecule has 2 heterocycles. The maximum absolute atomic E-state index is 12.7. The van der Waals surface area contributed by atoms with Crippen molar-refractivity contribution in [2.45, 2.75) is 50.7 Å². The highest BCUT2D eigenvalue weighted by Crippen LogP contribution is 2.23. The van der Waals surface area contributed by atoms with Gasteiger partial charge in [-0.15, -0.1) is 0 Å². The first-order valence-corrected chi connectivity index (χ1v) is 8.72. The normalized spacial score (nSPS) is 22.6. The summed E-state index contributed by atoms with van der Waals surface area (Å²) in [5, 5.41) is 0. The number of aromatic nitrogens is 1. The Morgan fingerprint density at radius 2 is 2.04 bits per heavy atom. The summed E-state index contributed by atoms with van der Waals surface area (Å²) < 4.78 is 5.98. The van der Waals surface area contributed by atoms with Crippen LogP contribution in [0.2, 0.25) is 0 Å².